The molecule has 28 heavy (non-hydrogen) atoms. The predicted molar refractivity (Wildman–Crippen MR) is 109 cm³/mol. The zero-order valence-corrected chi connectivity index (χ0v) is 16.4. The van der Waals surface area contributed by atoms with Gasteiger partial charge >= 0.3 is 0 Å². The van der Waals surface area contributed by atoms with Crippen LogP contribution in [0.2, 0.25) is 0 Å². The topological polar surface area (TPSA) is 58.6 Å². The Morgan fingerprint density at radius 2 is 1.71 bits per heavy atom. The third-order valence-electron chi connectivity index (χ3n) is 5.27. The van der Waals surface area contributed by atoms with Crippen molar-refractivity contribution in [2.45, 2.75) is 25.7 Å². The van der Waals surface area contributed by atoms with Crippen LogP contribution in [0.4, 0.5) is 0 Å². The first-order chi connectivity index (χ1) is 13.7. The summed E-state index contributed by atoms with van der Waals surface area (Å²) in [4.78, 5) is 26.7. The summed E-state index contributed by atoms with van der Waals surface area (Å²) in [7, 11) is 1.66. The van der Waals surface area contributed by atoms with Crippen LogP contribution in [-0.2, 0) is 11.2 Å². The molecule has 1 aliphatic heterocycles. The van der Waals surface area contributed by atoms with Gasteiger partial charge in [-0.1, -0.05) is 30.3 Å². The summed E-state index contributed by atoms with van der Waals surface area (Å²) >= 11 is 0. The van der Waals surface area contributed by atoms with E-state index in [1.165, 1.54) is 5.56 Å². The molecule has 0 radical (unpaired) electrons. The lowest BCUT2D eigenvalue weighted by molar-refractivity contribution is -0.126. The van der Waals surface area contributed by atoms with E-state index in [4.69, 9.17) is 4.74 Å². The van der Waals surface area contributed by atoms with Crippen molar-refractivity contribution in [1.82, 2.24) is 10.2 Å². The van der Waals surface area contributed by atoms with Crippen LogP contribution in [0.3, 0.4) is 0 Å². The summed E-state index contributed by atoms with van der Waals surface area (Å²) in [6.45, 7) is 1.95. The lowest BCUT2D eigenvalue weighted by Crippen LogP contribution is -2.43. The maximum atomic E-state index is 12.5. The fraction of sp³-hybridized carbons (Fsp3) is 0.391. The molecular formula is C23H28N2O3. The molecule has 0 aromatic heterocycles. The Balaban J connectivity index is 1.36. The summed E-state index contributed by atoms with van der Waals surface area (Å²) < 4.78 is 5.16. The van der Waals surface area contributed by atoms with Gasteiger partial charge in [0.25, 0.3) is 5.91 Å². The van der Waals surface area contributed by atoms with Crippen LogP contribution < -0.4 is 10.1 Å². The number of aryl methyl sites for hydroxylation is 1. The van der Waals surface area contributed by atoms with Crippen molar-refractivity contribution < 1.29 is 14.3 Å². The minimum Gasteiger partial charge on any atom is -0.497 e. The minimum atomic E-state index is 0.000750. The highest BCUT2D eigenvalue weighted by Crippen LogP contribution is 2.19. The van der Waals surface area contributed by atoms with Crippen LogP contribution in [0, 0.1) is 5.92 Å². The van der Waals surface area contributed by atoms with E-state index in [1.807, 2.05) is 47.4 Å². The van der Waals surface area contributed by atoms with Crippen molar-refractivity contribution in [3.63, 3.8) is 0 Å². The molecule has 0 bridgehead atoms. The Hall–Kier alpha value is -2.82. The number of rotatable bonds is 7. The van der Waals surface area contributed by atoms with E-state index < -0.39 is 0 Å². The van der Waals surface area contributed by atoms with Crippen molar-refractivity contribution in [3.8, 4) is 5.75 Å². The highest BCUT2D eigenvalue weighted by atomic mass is 16.5. The summed E-state index contributed by atoms with van der Waals surface area (Å²) in [5, 5.41) is 3.05. The number of nitrogens with one attached hydrogen (secondary N) is 1. The van der Waals surface area contributed by atoms with E-state index in [2.05, 4.69) is 17.4 Å². The maximum Gasteiger partial charge on any atom is 0.253 e. The van der Waals surface area contributed by atoms with E-state index in [0.29, 0.717) is 25.2 Å². The molecule has 0 saturated carbocycles. The third kappa shape index (κ3) is 5.35. The Kier molecular flexibility index (Phi) is 7.06. The first kappa shape index (κ1) is 19.9. The maximum absolute atomic E-state index is 12.5. The van der Waals surface area contributed by atoms with E-state index in [-0.39, 0.29) is 17.7 Å². The Labute approximate surface area is 166 Å². The molecule has 1 saturated heterocycles. The molecule has 2 aromatic rings. The Morgan fingerprint density at radius 1 is 1.04 bits per heavy atom. The normalized spacial score (nSPS) is 14.5. The van der Waals surface area contributed by atoms with E-state index >= 15 is 0 Å². The molecule has 2 aromatic carbocycles. The van der Waals surface area contributed by atoms with E-state index in [9.17, 15) is 9.59 Å². The molecule has 5 nitrogen and oxygen atoms in total. The SMILES string of the molecule is COc1ccc(CCCNC(=O)C2CCN(C(=O)c3ccccc3)CC2)cc1. The van der Waals surface area contributed by atoms with Crippen molar-refractivity contribution in [2.24, 2.45) is 5.92 Å². The molecule has 2 amide bonds. The number of hydrogen-bond acceptors (Lipinski definition) is 3. The number of amides is 2. The molecule has 1 heterocycles. The van der Waals surface area contributed by atoms with Gasteiger partial charge in [-0.25, -0.2) is 0 Å². The molecule has 0 aliphatic carbocycles. The first-order valence-corrected chi connectivity index (χ1v) is 9.92. The minimum absolute atomic E-state index is 0.000750. The fourth-order valence-electron chi connectivity index (χ4n) is 3.55. The zero-order chi connectivity index (χ0) is 19.8. The quantitative estimate of drug-likeness (QED) is 0.750. The number of benzene rings is 2. The van der Waals surface area contributed by atoms with Crippen molar-refractivity contribution >= 4 is 11.8 Å². The lowest BCUT2D eigenvalue weighted by Gasteiger charge is -2.31. The van der Waals surface area contributed by atoms with Gasteiger partial charge in [0, 0.05) is 31.1 Å². The second-order valence-electron chi connectivity index (χ2n) is 7.18. The molecule has 0 unspecified atom stereocenters. The van der Waals surface area contributed by atoms with Gasteiger partial charge < -0.3 is 15.0 Å². The van der Waals surface area contributed by atoms with Crippen LogP contribution >= 0.6 is 0 Å². The predicted octanol–water partition coefficient (Wildman–Crippen LogP) is 3.30. The molecule has 148 valence electrons. The van der Waals surface area contributed by atoms with Crippen LogP contribution in [0.5, 0.6) is 5.75 Å². The number of hydrogen-bond donors (Lipinski definition) is 1. The number of likely N-dealkylation sites (tertiary alicyclic amines) is 1. The molecule has 0 atom stereocenters. The number of carbonyl (C=O) groups is 2. The Morgan fingerprint density at radius 3 is 2.36 bits per heavy atom. The molecule has 1 N–H and O–H groups in total. The summed E-state index contributed by atoms with van der Waals surface area (Å²) in [5.74, 6) is 1.02. The number of piperidine rings is 1. The summed E-state index contributed by atoms with van der Waals surface area (Å²) in [6.07, 6.45) is 3.28. The molecule has 5 heteroatoms. The standard InChI is InChI=1S/C23H28N2O3/c1-28-21-11-9-18(10-12-21)6-5-15-24-22(26)19-13-16-25(17-14-19)23(27)20-7-3-2-4-8-20/h2-4,7-12,19H,5-6,13-17H2,1H3,(H,24,26). The molecular weight excluding hydrogens is 352 g/mol. The number of carbonyl (C=O) groups excluding carboxylic acids is 2. The van der Waals surface area contributed by atoms with Crippen LogP contribution in [0.15, 0.2) is 54.6 Å². The van der Waals surface area contributed by atoms with Crippen LogP contribution in [0.1, 0.15) is 35.2 Å². The number of methoxy groups -OCH3 is 1. The average Bonchev–Trinajstić information content (AvgIpc) is 2.77. The fourth-order valence-corrected chi connectivity index (χ4v) is 3.55. The number of ether oxygens (including phenoxy) is 1. The van der Waals surface area contributed by atoms with Gasteiger partial charge in [-0.3, -0.25) is 9.59 Å². The summed E-state index contributed by atoms with van der Waals surface area (Å²) in [5.41, 5.74) is 1.95. The van der Waals surface area contributed by atoms with E-state index in [0.717, 1.165) is 31.4 Å². The van der Waals surface area contributed by atoms with Crippen molar-refractivity contribution in [3.05, 3.63) is 65.7 Å². The zero-order valence-electron chi connectivity index (χ0n) is 16.4. The van der Waals surface area contributed by atoms with Crippen molar-refractivity contribution in [1.29, 1.82) is 0 Å². The number of nitrogens with zero attached hydrogens (tertiary/aromatic N) is 1. The average molecular weight is 380 g/mol. The van der Waals surface area contributed by atoms with Gasteiger partial charge in [-0.05, 0) is 55.5 Å². The van der Waals surface area contributed by atoms with Gasteiger partial charge in [-0.2, -0.15) is 0 Å². The molecule has 3 rings (SSSR count). The van der Waals surface area contributed by atoms with Gasteiger partial charge in [0.1, 0.15) is 5.75 Å². The highest BCUT2D eigenvalue weighted by molar-refractivity contribution is 5.94. The Bertz CT molecular complexity index is 766. The van der Waals surface area contributed by atoms with Crippen LogP contribution in [0.25, 0.3) is 0 Å². The smallest absolute Gasteiger partial charge is 0.253 e. The van der Waals surface area contributed by atoms with Gasteiger partial charge in [-0.15, -0.1) is 0 Å². The van der Waals surface area contributed by atoms with Crippen molar-refractivity contribution in [2.75, 3.05) is 26.7 Å². The highest BCUT2D eigenvalue weighted by Gasteiger charge is 2.27. The van der Waals surface area contributed by atoms with E-state index in [1.54, 1.807) is 7.11 Å². The first-order valence-electron chi connectivity index (χ1n) is 9.92. The second kappa shape index (κ2) is 9.93. The summed E-state index contributed by atoms with van der Waals surface area (Å²) in [6, 6.07) is 17.4. The molecule has 1 fully saturated rings. The van der Waals surface area contributed by atoms with Gasteiger partial charge in [0.15, 0.2) is 0 Å². The second-order valence-corrected chi connectivity index (χ2v) is 7.18. The molecule has 1 aliphatic rings. The monoisotopic (exact) mass is 380 g/mol. The van der Waals surface area contributed by atoms with Gasteiger partial charge in [0.2, 0.25) is 5.91 Å². The van der Waals surface area contributed by atoms with Crippen LogP contribution in [-0.4, -0.2) is 43.5 Å². The molecule has 0 spiro atoms. The lowest BCUT2D eigenvalue weighted by atomic mass is 9.95. The van der Waals surface area contributed by atoms with Gasteiger partial charge in [0.05, 0.1) is 7.11 Å². The largest absolute Gasteiger partial charge is 0.497 e. The third-order valence-corrected chi connectivity index (χ3v) is 5.27.